The molecule has 108 valence electrons. The molecular formula is C18H20N2O. The van der Waals surface area contributed by atoms with Crippen LogP contribution in [0.2, 0.25) is 0 Å². The van der Waals surface area contributed by atoms with Crippen LogP contribution in [0.4, 0.5) is 0 Å². The third kappa shape index (κ3) is 5.39. The van der Waals surface area contributed by atoms with Crippen LogP contribution in [0, 0.1) is 11.8 Å². The van der Waals surface area contributed by atoms with Crippen molar-refractivity contribution in [2.45, 2.75) is 13.0 Å². The van der Waals surface area contributed by atoms with E-state index in [-0.39, 0.29) is 6.61 Å². The minimum Gasteiger partial charge on any atom is -0.384 e. The molecule has 21 heavy (non-hydrogen) atoms. The number of hydrogen-bond acceptors (Lipinski definition) is 3. The van der Waals surface area contributed by atoms with Crippen LogP contribution in [0.15, 0.2) is 48.8 Å². The van der Waals surface area contributed by atoms with E-state index in [0.29, 0.717) is 0 Å². The van der Waals surface area contributed by atoms with Gasteiger partial charge in [-0.1, -0.05) is 24.0 Å². The number of aromatic nitrogens is 1. The highest BCUT2D eigenvalue weighted by molar-refractivity contribution is 5.36. The van der Waals surface area contributed by atoms with Crippen molar-refractivity contribution in [3.05, 3.63) is 65.5 Å². The summed E-state index contributed by atoms with van der Waals surface area (Å²) in [5.41, 5.74) is 3.51. The average Bonchev–Trinajstić information content (AvgIpc) is 2.53. The summed E-state index contributed by atoms with van der Waals surface area (Å²) in [6, 6.07) is 12.3. The molecule has 0 aliphatic rings. The second kappa shape index (κ2) is 8.21. The highest BCUT2D eigenvalue weighted by Crippen LogP contribution is 2.07. The first-order chi connectivity index (χ1) is 10.3. The molecule has 0 saturated heterocycles. The minimum atomic E-state index is -0.0977. The van der Waals surface area contributed by atoms with Crippen molar-refractivity contribution >= 4 is 0 Å². The summed E-state index contributed by atoms with van der Waals surface area (Å²) >= 11 is 0. The first-order valence-electron chi connectivity index (χ1n) is 7.04. The standard InChI is InChI=1S/C18H20N2O/c1-20(13-10-17-8-11-19-12-9-17)15-18-6-4-16(5-7-18)3-2-14-21/h4-9,11-12,21H,10,13-15H2,1H3. The largest absolute Gasteiger partial charge is 0.384 e. The molecule has 3 nitrogen and oxygen atoms in total. The van der Waals surface area contributed by atoms with Crippen molar-refractivity contribution in [3.8, 4) is 11.8 Å². The first-order valence-corrected chi connectivity index (χ1v) is 7.04. The van der Waals surface area contributed by atoms with E-state index in [1.54, 1.807) is 0 Å². The topological polar surface area (TPSA) is 36.4 Å². The monoisotopic (exact) mass is 280 g/mol. The van der Waals surface area contributed by atoms with E-state index in [1.165, 1.54) is 11.1 Å². The van der Waals surface area contributed by atoms with E-state index in [4.69, 9.17) is 5.11 Å². The fourth-order valence-corrected chi connectivity index (χ4v) is 2.10. The van der Waals surface area contributed by atoms with Crippen molar-refractivity contribution in [2.75, 3.05) is 20.2 Å². The Balaban J connectivity index is 1.83. The third-order valence-corrected chi connectivity index (χ3v) is 3.25. The van der Waals surface area contributed by atoms with Gasteiger partial charge in [0.1, 0.15) is 6.61 Å². The van der Waals surface area contributed by atoms with Gasteiger partial charge in [-0.15, -0.1) is 0 Å². The lowest BCUT2D eigenvalue weighted by molar-refractivity contribution is 0.331. The normalized spacial score (nSPS) is 10.2. The van der Waals surface area contributed by atoms with Gasteiger partial charge in [-0.05, 0) is 48.9 Å². The Hall–Kier alpha value is -2.15. The van der Waals surface area contributed by atoms with Crippen molar-refractivity contribution in [1.82, 2.24) is 9.88 Å². The van der Waals surface area contributed by atoms with Gasteiger partial charge in [-0.2, -0.15) is 0 Å². The Morgan fingerprint density at radius 2 is 1.76 bits per heavy atom. The number of pyridine rings is 1. The molecule has 0 spiro atoms. The molecule has 2 aromatic rings. The van der Waals surface area contributed by atoms with E-state index in [1.807, 2.05) is 24.5 Å². The van der Waals surface area contributed by atoms with Crippen LogP contribution in [0.25, 0.3) is 0 Å². The molecule has 3 heteroatoms. The number of nitrogens with zero attached hydrogens (tertiary/aromatic N) is 2. The molecule has 0 aliphatic carbocycles. The number of hydrogen-bond donors (Lipinski definition) is 1. The van der Waals surface area contributed by atoms with Crippen LogP contribution >= 0.6 is 0 Å². The van der Waals surface area contributed by atoms with Crippen molar-refractivity contribution in [2.24, 2.45) is 0 Å². The second-order valence-corrected chi connectivity index (χ2v) is 5.00. The van der Waals surface area contributed by atoms with Crippen LogP contribution in [-0.4, -0.2) is 35.2 Å². The lowest BCUT2D eigenvalue weighted by Gasteiger charge is -2.16. The molecule has 2 rings (SSSR count). The van der Waals surface area contributed by atoms with Gasteiger partial charge in [-0.25, -0.2) is 0 Å². The predicted octanol–water partition coefficient (Wildman–Crippen LogP) is 2.10. The summed E-state index contributed by atoms with van der Waals surface area (Å²) in [7, 11) is 2.13. The highest BCUT2D eigenvalue weighted by atomic mass is 16.2. The SMILES string of the molecule is CN(CCc1ccncc1)Cc1ccc(C#CCO)cc1. The summed E-state index contributed by atoms with van der Waals surface area (Å²) in [6.45, 7) is 1.83. The third-order valence-electron chi connectivity index (χ3n) is 3.25. The Bertz CT molecular complexity index is 597. The van der Waals surface area contributed by atoms with Crippen LogP contribution < -0.4 is 0 Å². The average molecular weight is 280 g/mol. The molecular weight excluding hydrogens is 260 g/mol. The van der Waals surface area contributed by atoms with E-state index < -0.39 is 0 Å². The molecule has 0 unspecified atom stereocenters. The van der Waals surface area contributed by atoms with Gasteiger partial charge in [0.2, 0.25) is 0 Å². The number of benzene rings is 1. The molecule has 1 aromatic heterocycles. The van der Waals surface area contributed by atoms with Crippen LogP contribution in [0.1, 0.15) is 16.7 Å². The molecule has 0 bridgehead atoms. The number of rotatable bonds is 5. The molecule has 0 aliphatic heterocycles. The number of aliphatic hydroxyl groups is 1. The van der Waals surface area contributed by atoms with Crippen molar-refractivity contribution in [3.63, 3.8) is 0 Å². The molecule has 0 amide bonds. The Kier molecular flexibility index (Phi) is 5.96. The van der Waals surface area contributed by atoms with Crippen LogP contribution in [0.3, 0.4) is 0 Å². The zero-order valence-electron chi connectivity index (χ0n) is 12.3. The molecule has 1 N–H and O–H groups in total. The van der Waals surface area contributed by atoms with Gasteiger partial charge in [0.05, 0.1) is 0 Å². The van der Waals surface area contributed by atoms with Gasteiger partial charge in [0, 0.05) is 31.0 Å². The molecule has 1 heterocycles. The molecule has 0 radical (unpaired) electrons. The highest BCUT2D eigenvalue weighted by Gasteiger charge is 2.01. The zero-order chi connectivity index (χ0) is 14.9. The van der Waals surface area contributed by atoms with E-state index in [2.05, 4.69) is 53.0 Å². The van der Waals surface area contributed by atoms with Gasteiger partial charge < -0.3 is 10.0 Å². The summed E-state index contributed by atoms with van der Waals surface area (Å²) in [6.07, 6.45) is 4.70. The summed E-state index contributed by atoms with van der Waals surface area (Å²) in [5, 5.41) is 8.67. The maximum absolute atomic E-state index is 8.67. The fraction of sp³-hybridized carbons (Fsp3) is 0.278. The van der Waals surface area contributed by atoms with Gasteiger partial charge in [-0.3, -0.25) is 4.98 Å². The van der Waals surface area contributed by atoms with E-state index in [9.17, 15) is 0 Å². The number of likely N-dealkylation sites (N-methyl/N-ethyl adjacent to an activating group) is 1. The zero-order valence-corrected chi connectivity index (χ0v) is 12.3. The maximum atomic E-state index is 8.67. The van der Waals surface area contributed by atoms with Gasteiger partial charge in [0.15, 0.2) is 0 Å². The van der Waals surface area contributed by atoms with Gasteiger partial charge >= 0.3 is 0 Å². The van der Waals surface area contributed by atoms with Gasteiger partial charge in [0.25, 0.3) is 0 Å². The molecule has 0 fully saturated rings. The van der Waals surface area contributed by atoms with Crippen LogP contribution in [0.5, 0.6) is 0 Å². The molecule has 1 aromatic carbocycles. The first kappa shape index (κ1) is 15.2. The second-order valence-electron chi connectivity index (χ2n) is 5.00. The maximum Gasteiger partial charge on any atom is 0.104 e. The smallest absolute Gasteiger partial charge is 0.104 e. The van der Waals surface area contributed by atoms with Crippen molar-refractivity contribution in [1.29, 1.82) is 0 Å². The lowest BCUT2D eigenvalue weighted by atomic mass is 10.1. The Labute approximate surface area is 126 Å². The molecule has 0 atom stereocenters. The summed E-state index contributed by atoms with van der Waals surface area (Å²) < 4.78 is 0. The predicted molar refractivity (Wildman–Crippen MR) is 84.7 cm³/mol. The Morgan fingerprint density at radius 3 is 2.43 bits per heavy atom. The fourth-order valence-electron chi connectivity index (χ4n) is 2.10. The lowest BCUT2D eigenvalue weighted by Crippen LogP contribution is -2.20. The van der Waals surface area contributed by atoms with Crippen molar-refractivity contribution < 1.29 is 5.11 Å². The quantitative estimate of drug-likeness (QED) is 0.852. The Morgan fingerprint density at radius 1 is 1.05 bits per heavy atom. The molecule has 0 saturated carbocycles. The number of aliphatic hydroxyl groups excluding tert-OH is 1. The van der Waals surface area contributed by atoms with E-state index in [0.717, 1.165) is 25.1 Å². The minimum absolute atomic E-state index is 0.0977. The van der Waals surface area contributed by atoms with Crippen LogP contribution in [-0.2, 0) is 13.0 Å². The van der Waals surface area contributed by atoms with E-state index >= 15 is 0 Å². The summed E-state index contributed by atoms with van der Waals surface area (Å²) in [5.74, 6) is 5.56. The summed E-state index contributed by atoms with van der Waals surface area (Å²) in [4.78, 5) is 6.33.